The van der Waals surface area contributed by atoms with E-state index in [4.69, 9.17) is 14.6 Å². The summed E-state index contributed by atoms with van der Waals surface area (Å²) in [5, 5.41) is 13.2. The molecule has 2 aromatic heterocycles. The number of ether oxygens (including phenoxy) is 1. The SMILES string of the molecule is Cc1nc(CN2C[C@@H]3[C@@H](C(=O)Nc4cnccn4)CO[C@@H]3C2)cs1.O=C(O)C(F)(F)F. The van der Waals surface area contributed by atoms with E-state index in [1.807, 2.05) is 6.92 Å². The minimum absolute atomic E-state index is 0.0330. The largest absolute Gasteiger partial charge is 0.490 e. The summed E-state index contributed by atoms with van der Waals surface area (Å²) in [4.78, 5) is 36.3. The highest BCUT2D eigenvalue weighted by Gasteiger charge is 2.46. The lowest BCUT2D eigenvalue weighted by Gasteiger charge is -2.18. The molecule has 2 aliphatic rings. The molecular weight excluding hydrogens is 439 g/mol. The van der Waals surface area contributed by atoms with Gasteiger partial charge in [0.25, 0.3) is 0 Å². The Hall–Kier alpha value is -2.64. The zero-order valence-electron chi connectivity index (χ0n) is 16.4. The number of anilines is 1. The van der Waals surface area contributed by atoms with Crippen LogP contribution in [0.3, 0.4) is 0 Å². The number of carboxylic acid groups (broad SMARTS) is 1. The molecule has 3 atom stereocenters. The van der Waals surface area contributed by atoms with Gasteiger partial charge in [-0.25, -0.2) is 14.8 Å². The number of fused-ring (bicyclic) bond motifs is 1. The van der Waals surface area contributed by atoms with Crippen LogP contribution in [0.1, 0.15) is 10.7 Å². The van der Waals surface area contributed by atoms with Gasteiger partial charge in [0.05, 0.1) is 35.5 Å². The van der Waals surface area contributed by atoms with Crippen molar-refractivity contribution in [2.75, 3.05) is 25.0 Å². The first-order chi connectivity index (χ1) is 14.6. The molecule has 168 valence electrons. The van der Waals surface area contributed by atoms with Crippen molar-refractivity contribution in [3.8, 4) is 0 Å². The number of thiazole rings is 1. The van der Waals surface area contributed by atoms with Gasteiger partial charge in [-0.15, -0.1) is 11.3 Å². The van der Waals surface area contributed by atoms with E-state index in [1.165, 1.54) is 0 Å². The number of rotatable bonds is 4. The maximum atomic E-state index is 12.5. The molecule has 0 unspecified atom stereocenters. The van der Waals surface area contributed by atoms with Crippen LogP contribution in [-0.4, -0.2) is 68.8 Å². The van der Waals surface area contributed by atoms with E-state index < -0.39 is 12.1 Å². The van der Waals surface area contributed by atoms with Gasteiger partial charge < -0.3 is 15.2 Å². The molecular formula is C18H20F3N5O4S. The Balaban J connectivity index is 0.000000339. The summed E-state index contributed by atoms with van der Waals surface area (Å²) < 4.78 is 37.6. The topological polar surface area (TPSA) is 118 Å². The summed E-state index contributed by atoms with van der Waals surface area (Å²) in [5.74, 6) is -2.22. The lowest BCUT2D eigenvalue weighted by Crippen LogP contribution is -2.32. The van der Waals surface area contributed by atoms with Crippen molar-refractivity contribution in [2.45, 2.75) is 25.7 Å². The van der Waals surface area contributed by atoms with Gasteiger partial charge in [0, 0.05) is 43.3 Å². The van der Waals surface area contributed by atoms with Gasteiger partial charge in [0.1, 0.15) is 0 Å². The zero-order valence-corrected chi connectivity index (χ0v) is 17.2. The number of alkyl halides is 3. The number of halogens is 3. The van der Waals surface area contributed by atoms with Crippen LogP contribution in [0.15, 0.2) is 24.0 Å². The molecule has 4 heterocycles. The Morgan fingerprint density at radius 2 is 2.10 bits per heavy atom. The molecule has 1 amide bonds. The van der Waals surface area contributed by atoms with Crippen molar-refractivity contribution in [1.82, 2.24) is 19.9 Å². The van der Waals surface area contributed by atoms with E-state index in [9.17, 15) is 18.0 Å². The van der Waals surface area contributed by atoms with E-state index in [-0.39, 0.29) is 23.8 Å². The second-order valence-electron chi connectivity index (χ2n) is 7.08. The minimum Gasteiger partial charge on any atom is -0.475 e. The van der Waals surface area contributed by atoms with Crippen molar-refractivity contribution in [1.29, 1.82) is 0 Å². The second kappa shape index (κ2) is 9.66. The third kappa shape index (κ3) is 6.18. The highest BCUT2D eigenvalue weighted by Crippen LogP contribution is 2.35. The molecule has 4 rings (SSSR count). The number of aliphatic carboxylic acids is 1. The number of amides is 1. The van der Waals surface area contributed by atoms with E-state index in [0.29, 0.717) is 12.4 Å². The molecule has 9 nitrogen and oxygen atoms in total. The van der Waals surface area contributed by atoms with Crippen LogP contribution >= 0.6 is 11.3 Å². The number of carbonyl (C=O) groups excluding carboxylic acids is 1. The van der Waals surface area contributed by atoms with Crippen molar-refractivity contribution in [3.05, 3.63) is 34.7 Å². The van der Waals surface area contributed by atoms with Crippen LogP contribution < -0.4 is 5.32 Å². The fourth-order valence-corrected chi connectivity index (χ4v) is 4.09. The number of nitrogens with one attached hydrogen (secondary N) is 1. The standard InChI is InChI=1S/C16H19N5O2S.C2HF3O2/c1-10-19-11(9-24-10)5-21-6-12-13(8-23-14(12)7-21)16(22)20-15-4-17-2-3-18-15;3-2(4,5)1(6)7/h2-4,9,12-14H,5-8H2,1H3,(H,18,20,22);(H,6,7)/t12-,13+,14-;/m1./s1. The Kier molecular flexibility index (Phi) is 7.18. The first kappa shape index (κ1) is 23.0. The number of hydrogen-bond donors (Lipinski definition) is 2. The number of carboxylic acids is 1. The summed E-state index contributed by atoms with van der Waals surface area (Å²) in [7, 11) is 0. The van der Waals surface area contributed by atoms with Crippen LogP contribution in [0, 0.1) is 18.8 Å². The number of hydrogen-bond acceptors (Lipinski definition) is 8. The first-order valence-electron chi connectivity index (χ1n) is 9.25. The molecule has 13 heteroatoms. The Labute approximate surface area is 179 Å². The zero-order chi connectivity index (χ0) is 22.6. The predicted molar refractivity (Wildman–Crippen MR) is 103 cm³/mol. The van der Waals surface area contributed by atoms with Crippen LogP contribution in [0.2, 0.25) is 0 Å². The number of likely N-dealkylation sites (tertiary alicyclic amines) is 1. The number of aryl methyl sites for hydroxylation is 1. The number of carbonyl (C=O) groups is 2. The van der Waals surface area contributed by atoms with Crippen molar-refractivity contribution in [3.63, 3.8) is 0 Å². The van der Waals surface area contributed by atoms with Gasteiger partial charge in [-0.3, -0.25) is 14.7 Å². The lowest BCUT2D eigenvalue weighted by molar-refractivity contribution is -0.192. The third-order valence-corrected chi connectivity index (χ3v) is 5.66. The van der Waals surface area contributed by atoms with Gasteiger partial charge in [0.2, 0.25) is 5.91 Å². The summed E-state index contributed by atoms with van der Waals surface area (Å²) in [6.07, 6.45) is -0.255. The Bertz CT molecular complexity index is 911. The van der Waals surface area contributed by atoms with Gasteiger partial charge in [-0.05, 0) is 6.92 Å². The normalized spacial score (nSPS) is 23.0. The number of aromatic nitrogens is 3. The van der Waals surface area contributed by atoms with Gasteiger partial charge in [0.15, 0.2) is 5.82 Å². The van der Waals surface area contributed by atoms with Crippen molar-refractivity contribution >= 4 is 29.0 Å². The van der Waals surface area contributed by atoms with E-state index >= 15 is 0 Å². The monoisotopic (exact) mass is 459 g/mol. The van der Waals surface area contributed by atoms with Gasteiger partial charge in [-0.1, -0.05) is 0 Å². The van der Waals surface area contributed by atoms with Gasteiger partial charge >= 0.3 is 12.1 Å². The molecule has 0 radical (unpaired) electrons. The lowest BCUT2D eigenvalue weighted by atomic mass is 9.92. The van der Waals surface area contributed by atoms with E-state index in [1.54, 1.807) is 29.9 Å². The fraction of sp³-hybridized carbons (Fsp3) is 0.500. The maximum Gasteiger partial charge on any atom is 0.490 e. The Morgan fingerprint density at radius 1 is 1.35 bits per heavy atom. The summed E-state index contributed by atoms with van der Waals surface area (Å²) in [6, 6.07) is 0. The molecule has 2 saturated heterocycles. The van der Waals surface area contributed by atoms with Crippen LogP contribution in [0.5, 0.6) is 0 Å². The molecule has 2 aliphatic heterocycles. The molecule has 31 heavy (non-hydrogen) atoms. The minimum atomic E-state index is -5.08. The second-order valence-corrected chi connectivity index (χ2v) is 8.14. The molecule has 0 saturated carbocycles. The predicted octanol–water partition coefficient (Wildman–Crippen LogP) is 1.96. The molecule has 0 spiro atoms. The summed E-state index contributed by atoms with van der Waals surface area (Å²) in [6.45, 7) is 5.03. The van der Waals surface area contributed by atoms with E-state index in [0.717, 1.165) is 30.3 Å². The van der Waals surface area contributed by atoms with Crippen molar-refractivity contribution < 1.29 is 32.6 Å². The molecule has 2 aromatic rings. The smallest absolute Gasteiger partial charge is 0.475 e. The van der Waals surface area contributed by atoms with Crippen LogP contribution in [-0.2, 0) is 20.9 Å². The fourth-order valence-electron chi connectivity index (χ4n) is 3.49. The summed E-state index contributed by atoms with van der Waals surface area (Å²) >= 11 is 1.67. The van der Waals surface area contributed by atoms with Crippen LogP contribution in [0.25, 0.3) is 0 Å². The average molecular weight is 459 g/mol. The maximum absolute atomic E-state index is 12.5. The third-order valence-electron chi connectivity index (χ3n) is 4.84. The molecule has 0 aromatic carbocycles. The molecule has 2 N–H and O–H groups in total. The quantitative estimate of drug-likeness (QED) is 0.713. The molecule has 2 fully saturated rings. The van der Waals surface area contributed by atoms with E-state index in [2.05, 4.69) is 30.5 Å². The van der Waals surface area contributed by atoms with Crippen LogP contribution in [0.4, 0.5) is 19.0 Å². The van der Waals surface area contributed by atoms with Crippen molar-refractivity contribution in [2.24, 2.45) is 11.8 Å². The average Bonchev–Trinajstić information content (AvgIpc) is 3.38. The highest BCUT2D eigenvalue weighted by atomic mass is 32.1. The molecule has 0 aliphatic carbocycles. The van der Waals surface area contributed by atoms with Gasteiger partial charge in [-0.2, -0.15) is 13.2 Å². The highest BCUT2D eigenvalue weighted by molar-refractivity contribution is 7.09. The first-order valence-corrected chi connectivity index (χ1v) is 10.1. The number of nitrogens with zero attached hydrogens (tertiary/aromatic N) is 4. The molecule has 0 bridgehead atoms. The summed E-state index contributed by atoms with van der Waals surface area (Å²) in [5.41, 5.74) is 1.10. The Morgan fingerprint density at radius 3 is 2.68 bits per heavy atom.